The minimum atomic E-state index is -7.45. The van der Waals surface area contributed by atoms with Gasteiger partial charge in [0.15, 0.2) is 0 Å². The van der Waals surface area contributed by atoms with Crippen molar-refractivity contribution in [3.63, 3.8) is 0 Å². The molecule has 15 heteroatoms. The summed E-state index contributed by atoms with van der Waals surface area (Å²) < 4.78 is 188. The number of aliphatic hydroxyl groups is 1. The van der Waals surface area contributed by atoms with Crippen LogP contribution in [-0.2, 0) is 6.18 Å². The van der Waals surface area contributed by atoms with E-state index >= 15 is 0 Å². The average Bonchev–Trinajstić information content (AvgIpc) is 2.59. The highest BCUT2D eigenvalue weighted by Gasteiger charge is 3.00. The van der Waals surface area contributed by atoms with Gasteiger partial charge in [0.2, 0.25) is 0 Å². The average molecular weight is 470 g/mol. The molecule has 0 saturated heterocycles. The van der Waals surface area contributed by atoms with Crippen LogP contribution in [0.3, 0.4) is 0 Å². The predicted molar refractivity (Wildman–Crippen MR) is 69.6 cm³/mol. The molecule has 30 heavy (non-hydrogen) atoms. The number of benzene rings is 1. The van der Waals surface area contributed by atoms with Gasteiger partial charge >= 0.3 is 35.8 Å². The summed E-state index contributed by atoms with van der Waals surface area (Å²) in [6, 6.07) is 1.70. The fourth-order valence-electron chi connectivity index (χ4n) is 2.96. The topological polar surface area (TPSA) is 20.2 Å². The number of halogens is 14. The molecule has 0 aliphatic heterocycles. The van der Waals surface area contributed by atoms with Gasteiger partial charge in [-0.3, -0.25) is 0 Å². The Morgan fingerprint density at radius 3 is 1.43 bits per heavy atom. The van der Waals surface area contributed by atoms with Crippen LogP contribution in [0.4, 0.5) is 61.5 Å². The normalized spacial score (nSPS) is 26.8. The number of hydrogen-bond donors (Lipinski definition) is 1. The molecular formula is C15H8F14O. The summed E-state index contributed by atoms with van der Waals surface area (Å²) in [6.45, 7) is 0. The Morgan fingerprint density at radius 2 is 1.03 bits per heavy atom. The van der Waals surface area contributed by atoms with E-state index in [1.807, 2.05) is 0 Å². The van der Waals surface area contributed by atoms with Gasteiger partial charge in [-0.15, -0.1) is 0 Å². The first-order chi connectivity index (χ1) is 13.1. The third kappa shape index (κ3) is 2.72. The quantitative estimate of drug-likeness (QED) is 0.536. The minimum Gasteiger partial charge on any atom is -0.388 e. The zero-order valence-corrected chi connectivity index (χ0v) is 13.8. The first-order valence-corrected chi connectivity index (χ1v) is 7.53. The maximum absolute atomic E-state index is 14.6. The zero-order valence-electron chi connectivity index (χ0n) is 13.8. The lowest BCUT2D eigenvalue weighted by Gasteiger charge is -2.53. The van der Waals surface area contributed by atoms with Crippen molar-refractivity contribution in [3.8, 4) is 0 Å². The smallest absolute Gasteiger partial charge is 0.388 e. The maximum Gasteiger partial charge on any atom is 0.416 e. The predicted octanol–water partition coefficient (Wildman–Crippen LogP) is 6.03. The van der Waals surface area contributed by atoms with E-state index in [9.17, 15) is 66.6 Å². The second kappa shape index (κ2) is 6.36. The molecule has 1 aromatic rings. The van der Waals surface area contributed by atoms with E-state index in [2.05, 4.69) is 0 Å². The number of rotatable bonds is 3. The Bertz CT molecular complexity index is 782. The summed E-state index contributed by atoms with van der Waals surface area (Å²) >= 11 is 0. The van der Waals surface area contributed by atoms with E-state index in [0.717, 1.165) is 0 Å². The summed E-state index contributed by atoms with van der Waals surface area (Å²) in [4.78, 5) is 0. The lowest BCUT2D eigenvalue weighted by Crippen LogP contribution is -2.83. The molecule has 1 aromatic carbocycles. The first kappa shape index (κ1) is 24.5. The third-order valence-electron chi connectivity index (χ3n) is 4.67. The molecule has 172 valence electrons. The van der Waals surface area contributed by atoms with Crippen molar-refractivity contribution >= 4 is 0 Å². The molecule has 1 atom stereocenters. The standard InChI is InChI=1S/C15H8F14O/c16-9(5-8(30)6-3-1-2-4-7(6)10(17,18)19)11(20,21)13(24,25)15(28,29)14(26,27)12(9,22)23/h1-4,8,30H,5H2. The molecule has 0 heterocycles. The molecule has 0 spiro atoms. The summed E-state index contributed by atoms with van der Waals surface area (Å²) in [6.07, 6.45) is -12.0. The molecule has 1 fully saturated rings. The Kier molecular flexibility index (Phi) is 5.18. The maximum atomic E-state index is 14.6. The van der Waals surface area contributed by atoms with Crippen molar-refractivity contribution in [2.24, 2.45) is 0 Å². The molecule has 0 amide bonds. The van der Waals surface area contributed by atoms with Gasteiger partial charge in [0.25, 0.3) is 5.67 Å². The van der Waals surface area contributed by atoms with E-state index in [0.29, 0.717) is 12.1 Å². The third-order valence-corrected chi connectivity index (χ3v) is 4.67. The lowest BCUT2D eigenvalue weighted by atomic mass is 9.69. The monoisotopic (exact) mass is 470 g/mol. The van der Waals surface area contributed by atoms with Crippen LogP contribution in [0.25, 0.3) is 0 Å². The Labute approximate surface area is 157 Å². The second-order valence-corrected chi connectivity index (χ2v) is 6.48. The summed E-state index contributed by atoms with van der Waals surface area (Å²) in [5.41, 5.74) is -10.1. The Hall–Kier alpha value is -1.80. The number of alkyl halides is 14. The van der Waals surface area contributed by atoms with Gasteiger partial charge in [-0.1, -0.05) is 18.2 Å². The van der Waals surface area contributed by atoms with Crippen molar-refractivity contribution in [2.75, 3.05) is 0 Å². The molecule has 1 unspecified atom stereocenters. The van der Waals surface area contributed by atoms with Crippen LogP contribution in [0.2, 0.25) is 0 Å². The highest BCUT2D eigenvalue weighted by molar-refractivity contribution is 5.33. The molecule has 1 nitrogen and oxygen atoms in total. The van der Waals surface area contributed by atoms with Crippen molar-refractivity contribution < 1.29 is 66.6 Å². The lowest BCUT2D eigenvalue weighted by molar-refractivity contribution is -0.487. The zero-order chi connectivity index (χ0) is 23.8. The van der Waals surface area contributed by atoms with Crippen LogP contribution >= 0.6 is 0 Å². The van der Waals surface area contributed by atoms with Gasteiger partial charge in [-0.05, 0) is 11.6 Å². The fraction of sp³-hybridized carbons (Fsp3) is 0.600. The molecule has 1 aliphatic rings. The molecule has 1 N–H and O–H groups in total. The largest absolute Gasteiger partial charge is 0.416 e. The minimum absolute atomic E-state index is 0.151. The van der Waals surface area contributed by atoms with Crippen molar-refractivity contribution in [1.82, 2.24) is 0 Å². The van der Waals surface area contributed by atoms with E-state index in [1.54, 1.807) is 0 Å². The van der Waals surface area contributed by atoms with Gasteiger partial charge in [0.05, 0.1) is 11.7 Å². The van der Waals surface area contributed by atoms with Gasteiger partial charge in [0.1, 0.15) is 0 Å². The molecular weight excluding hydrogens is 462 g/mol. The van der Waals surface area contributed by atoms with Crippen LogP contribution in [-0.4, -0.2) is 40.4 Å². The van der Waals surface area contributed by atoms with Gasteiger partial charge in [0, 0.05) is 6.42 Å². The summed E-state index contributed by atoms with van der Waals surface area (Å²) in [7, 11) is 0. The van der Waals surface area contributed by atoms with E-state index in [-0.39, 0.29) is 12.1 Å². The molecule has 1 saturated carbocycles. The second-order valence-electron chi connectivity index (χ2n) is 6.48. The van der Waals surface area contributed by atoms with Crippen molar-refractivity contribution in [1.29, 1.82) is 0 Å². The van der Waals surface area contributed by atoms with Crippen LogP contribution < -0.4 is 0 Å². The number of aliphatic hydroxyl groups excluding tert-OH is 1. The highest BCUT2D eigenvalue weighted by Crippen LogP contribution is 2.70. The fourth-order valence-corrected chi connectivity index (χ4v) is 2.96. The van der Waals surface area contributed by atoms with E-state index in [1.165, 1.54) is 0 Å². The summed E-state index contributed by atoms with van der Waals surface area (Å²) in [5, 5.41) is 9.63. The Morgan fingerprint density at radius 1 is 0.667 bits per heavy atom. The van der Waals surface area contributed by atoms with Crippen LogP contribution in [0, 0.1) is 0 Å². The molecule has 0 bridgehead atoms. The van der Waals surface area contributed by atoms with Crippen LogP contribution in [0.15, 0.2) is 24.3 Å². The molecule has 0 radical (unpaired) electrons. The highest BCUT2D eigenvalue weighted by atomic mass is 19.4. The van der Waals surface area contributed by atoms with Gasteiger partial charge in [-0.2, -0.15) is 57.1 Å². The molecule has 0 aromatic heterocycles. The van der Waals surface area contributed by atoms with E-state index < -0.39 is 65.1 Å². The van der Waals surface area contributed by atoms with Gasteiger partial charge < -0.3 is 5.11 Å². The SMILES string of the molecule is OC(CC1(F)C(F)(F)C(F)(F)C(F)(F)C(F)(F)C1(F)F)c1ccccc1C(F)(F)F. The van der Waals surface area contributed by atoms with Crippen molar-refractivity contribution in [3.05, 3.63) is 35.4 Å². The Balaban J connectivity index is 2.68. The van der Waals surface area contributed by atoms with E-state index in [4.69, 9.17) is 0 Å². The van der Waals surface area contributed by atoms with Crippen LogP contribution in [0.5, 0.6) is 0 Å². The van der Waals surface area contributed by atoms with Gasteiger partial charge in [-0.25, -0.2) is 4.39 Å². The summed E-state index contributed by atoms with van der Waals surface area (Å²) in [5.74, 6) is -36.7. The van der Waals surface area contributed by atoms with Crippen molar-refractivity contribution in [2.45, 2.75) is 54.0 Å². The molecule has 2 rings (SSSR count). The molecule has 1 aliphatic carbocycles. The van der Waals surface area contributed by atoms with Crippen LogP contribution in [0.1, 0.15) is 23.7 Å². The first-order valence-electron chi connectivity index (χ1n) is 7.53. The number of hydrogen-bond acceptors (Lipinski definition) is 1.